The van der Waals surface area contributed by atoms with Crippen LogP contribution >= 0.6 is 0 Å². The number of benzene rings is 1. The van der Waals surface area contributed by atoms with Gasteiger partial charge in [-0.15, -0.1) is 0 Å². The molecule has 1 saturated heterocycles. The van der Waals surface area contributed by atoms with E-state index >= 15 is 0 Å². The number of rotatable bonds is 6. The van der Waals surface area contributed by atoms with Crippen LogP contribution in [0.4, 0.5) is 13.2 Å². The van der Waals surface area contributed by atoms with E-state index in [4.69, 9.17) is 0 Å². The zero-order chi connectivity index (χ0) is 22.6. The minimum Gasteiger partial charge on any atom is -0.340 e. The van der Waals surface area contributed by atoms with Crippen LogP contribution in [-0.2, 0) is 12.6 Å². The highest BCUT2D eigenvalue weighted by Gasteiger charge is 2.30. The number of carbonyl (C=O) groups is 1. The molecule has 5 nitrogen and oxygen atoms in total. The molecule has 1 aliphatic rings. The number of amides is 1. The van der Waals surface area contributed by atoms with Crippen LogP contribution in [0.3, 0.4) is 0 Å². The molecular formula is C23H29F3N4O. The SMILES string of the molecule is Cc1cc(C(=O)N(C)CC2CCN(CCc3cccc(C(F)(F)F)c3)CC2)nc(C)n1. The van der Waals surface area contributed by atoms with Gasteiger partial charge in [-0.25, -0.2) is 9.97 Å². The highest BCUT2D eigenvalue weighted by molar-refractivity contribution is 5.92. The van der Waals surface area contributed by atoms with Crippen LogP contribution in [0, 0.1) is 19.8 Å². The number of nitrogens with zero attached hydrogens (tertiary/aromatic N) is 4. The minimum atomic E-state index is -4.30. The predicted octanol–water partition coefficient (Wildman–Crippen LogP) is 4.14. The van der Waals surface area contributed by atoms with Gasteiger partial charge in [0.1, 0.15) is 11.5 Å². The molecule has 2 aromatic rings. The van der Waals surface area contributed by atoms with Crippen molar-refractivity contribution in [1.29, 1.82) is 0 Å². The molecule has 31 heavy (non-hydrogen) atoms. The number of aryl methyl sites for hydroxylation is 2. The van der Waals surface area contributed by atoms with Gasteiger partial charge in [-0.3, -0.25) is 4.79 Å². The van der Waals surface area contributed by atoms with Gasteiger partial charge in [-0.2, -0.15) is 13.2 Å². The molecule has 168 valence electrons. The second kappa shape index (κ2) is 9.77. The maximum absolute atomic E-state index is 12.9. The van der Waals surface area contributed by atoms with Gasteiger partial charge >= 0.3 is 6.18 Å². The number of hydrogen-bond acceptors (Lipinski definition) is 4. The molecule has 1 aromatic carbocycles. The fourth-order valence-corrected chi connectivity index (χ4v) is 4.08. The van der Waals surface area contributed by atoms with Gasteiger partial charge in [0.2, 0.25) is 0 Å². The van der Waals surface area contributed by atoms with E-state index in [-0.39, 0.29) is 5.91 Å². The Bertz CT molecular complexity index is 888. The van der Waals surface area contributed by atoms with E-state index < -0.39 is 11.7 Å². The van der Waals surface area contributed by atoms with Crippen LogP contribution in [0.2, 0.25) is 0 Å². The molecule has 1 aliphatic heterocycles. The van der Waals surface area contributed by atoms with Gasteiger partial charge in [0.25, 0.3) is 5.91 Å². The number of hydrogen-bond donors (Lipinski definition) is 0. The fraction of sp³-hybridized carbons (Fsp3) is 0.522. The van der Waals surface area contributed by atoms with E-state index in [1.165, 1.54) is 12.1 Å². The van der Waals surface area contributed by atoms with E-state index in [0.717, 1.165) is 44.2 Å². The number of likely N-dealkylation sites (tertiary alicyclic amines) is 1. The maximum Gasteiger partial charge on any atom is 0.416 e. The molecule has 0 spiro atoms. The van der Waals surface area contributed by atoms with Gasteiger partial charge < -0.3 is 9.80 Å². The summed E-state index contributed by atoms with van der Waals surface area (Å²) < 4.78 is 38.6. The maximum atomic E-state index is 12.9. The van der Waals surface area contributed by atoms with Crippen molar-refractivity contribution in [2.75, 3.05) is 33.2 Å². The summed E-state index contributed by atoms with van der Waals surface area (Å²) >= 11 is 0. The van der Waals surface area contributed by atoms with Gasteiger partial charge in [-0.1, -0.05) is 18.2 Å². The monoisotopic (exact) mass is 434 g/mol. The Hall–Kier alpha value is -2.48. The number of carbonyl (C=O) groups excluding carboxylic acids is 1. The van der Waals surface area contributed by atoms with Crippen molar-refractivity contribution >= 4 is 5.91 Å². The lowest BCUT2D eigenvalue weighted by Crippen LogP contribution is -2.40. The minimum absolute atomic E-state index is 0.0967. The highest BCUT2D eigenvalue weighted by atomic mass is 19.4. The van der Waals surface area contributed by atoms with Crippen LogP contribution in [0.25, 0.3) is 0 Å². The molecule has 0 radical (unpaired) electrons. The summed E-state index contributed by atoms with van der Waals surface area (Å²) in [6, 6.07) is 7.28. The Morgan fingerprint density at radius 3 is 2.52 bits per heavy atom. The Balaban J connectivity index is 1.46. The molecule has 2 heterocycles. The second-order valence-electron chi connectivity index (χ2n) is 8.36. The number of alkyl halides is 3. The Labute approximate surface area is 181 Å². The second-order valence-corrected chi connectivity index (χ2v) is 8.36. The molecule has 3 rings (SSSR count). The lowest BCUT2D eigenvalue weighted by Gasteiger charge is -2.34. The quantitative estimate of drug-likeness (QED) is 0.686. The first-order valence-corrected chi connectivity index (χ1v) is 10.6. The van der Waals surface area contributed by atoms with Crippen LogP contribution in [-0.4, -0.2) is 58.9 Å². The van der Waals surface area contributed by atoms with Crippen molar-refractivity contribution in [3.8, 4) is 0 Å². The molecule has 0 bridgehead atoms. The normalized spacial score (nSPS) is 15.8. The van der Waals surface area contributed by atoms with Crippen molar-refractivity contribution in [2.45, 2.75) is 39.3 Å². The Morgan fingerprint density at radius 1 is 1.16 bits per heavy atom. The van der Waals surface area contributed by atoms with E-state index in [2.05, 4.69) is 14.9 Å². The van der Waals surface area contributed by atoms with Crippen LogP contribution in [0.1, 0.15) is 46.0 Å². The number of piperidine rings is 1. The zero-order valence-electron chi connectivity index (χ0n) is 18.2. The molecule has 0 N–H and O–H groups in total. The fourth-order valence-electron chi connectivity index (χ4n) is 4.08. The molecule has 8 heteroatoms. The van der Waals surface area contributed by atoms with Gasteiger partial charge in [-0.05, 0) is 69.8 Å². The smallest absolute Gasteiger partial charge is 0.340 e. The average Bonchev–Trinajstić information content (AvgIpc) is 2.71. The van der Waals surface area contributed by atoms with E-state index in [9.17, 15) is 18.0 Å². The molecular weight excluding hydrogens is 405 g/mol. The van der Waals surface area contributed by atoms with Crippen molar-refractivity contribution in [2.24, 2.45) is 5.92 Å². The zero-order valence-corrected chi connectivity index (χ0v) is 18.2. The lowest BCUT2D eigenvalue weighted by molar-refractivity contribution is -0.137. The summed E-state index contributed by atoms with van der Waals surface area (Å²) in [5.41, 5.74) is 1.31. The van der Waals surface area contributed by atoms with Crippen LogP contribution < -0.4 is 0 Å². The van der Waals surface area contributed by atoms with Gasteiger partial charge in [0.15, 0.2) is 0 Å². The molecule has 0 aliphatic carbocycles. The standard InChI is InChI=1S/C23H29F3N4O/c1-16-13-21(28-17(2)27-16)22(31)29(3)15-19-8-11-30(12-9-19)10-7-18-5-4-6-20(14-18)23(24,25)26/h4-6,13-14,19H,7-12,15H2,1-3H3. The molecule has 0 unspecified atom stereocenters. The third-order valence-electron chi connectivity index (χ3n) is 5.74. The van der Waals surface area contributed by atoms with Crippen LogP contribution in [0.15, 0.2) is 30.3 Å². The van der Waals surface area contributed by atoms with Crippen LogP contribution in [0.5, 0.6) is 0 Å². The molecule has 1 aromatic heterocycles. The van der Waals surface area contributed by atoms with E-state index in [1.54, 1.807) is 31.0 Å². The predicted molar refractivity (Wildman–Crippen MR) is 113 cm³/mol. The summed E-state index contributed by atoms with van der Waals surface area (Å²) in [6.45, 7) is 6.80. The first-order chi connectivity index (χ1) is 14.6. The highest BCUT2D eigenvalue weighted by Crippen LogP contribution is 2.29. The summed E-state index contributed by atoms with van der Waals surface area (Å²) in [6.07, 6.45) is -1.79. The summed E-state index contributed by atoms with van der Waals surface area (Å²) in [7, 11) is 1.80. The van der Waals surface area contributed by atoms with E-state index in [1.807, 2.05) is 6.92 Å². The molecule has 1 amide bonds. The topological polar surface area (TPSA) is 49.3 Å². The first-order valence-electron chi connectivity index (χ1n) is 10.6. The van der Waals surface area contributed by atoms with Gasteiger partial charge in [0, 0.05) is 25.8 Å². The van der Waals surface area contributed by atoms with E-state index in [0.29, 0.717) is 36.0 Å². The molecule has 0 saturated carbocycles. The summed E-state index contributed by atoms with van der Waals surface area (Å²) in [5.74, 6) is 0.897. The van der Waals surface area contributed by atoms with Crippen molar-refractivity contribution < 1.29 is 18.0 Å². The summed E-state index contributed by atoms with van der Waals surface area (Å²) in [4.78, 5) is 25.2. The largest absolute Gasteiger partial charge is 0.416 e. The first kappa shape index (κ1) is 23.2. The Morgan fingerprint density at radius 2 is 1.87 bits per heavy atom. The summed E-state index contributed by atoms with van der Waals surface area (Å²) in [5, 5.41) is 0. The van der Waals surface area contributed by atoms with Crippen molar-refractivity contribution in [1.82, 2.24) is 19.8 Å². The third-order valence-corrected chi connectivity index (χ3v) is 5.74. The molecule has 1 fully saturated rings. The van der Waals surface area contributed by atoms with Crippen molar-refractivity contribution in [3.63, 3.8) is 0 Å². The van der Waals surface area contributed by atoms with Crippen molar-refractivity contribution in [3.05, 3.63) is 58.7 Å². The van der Waals surface area contributed by atoms with Gasteiger partial charge in [0.05, 0.1) is 5.56 Å². The lowest BCUT2D eigenvalue weighted by atomic mass is 9.95. The average molecular weight is 435 g/mol. The molecule has 0 atom stereocenters. The number of halogens is 3. The number of aromatic nitrogens is 2. The third kappa shape index (κ3) is 6.50. The Kier molecular flexibility index (Phi) is 7.30.